The topological polar surface area (TPSA) is 24.9 Å². The van der Waals surface area contributed by atoms with Gasteiger partial charge in [-0.05, 0) is 55.8 Å². The van der Waals surface area contributed by atoms with Gasteiger partial charge in [0.15, 0.2) is 0 Å². The van der Waals surface area contributed by atoms with Crippen LogP contribution in [0.25, 0.3) is 0 Å². The number of rotatable bonds is 6. The van der Waals surface area contributed by atoms with E-state index in [1.165, 1.54) is 24.9 Å². The molecule has 1 aliphatic carbocycles. The van der Waals surface area contributed by atoms with Crippen LogP contribution in [0.5, 0.6) is 0 Å². The zero-order valence-corrected chi connectivity index (χ0v) is 9.45. The van der Waals surface area contributed by atoms with Gasteiger partial charge in [0.05, 0.1) is 0 Å². The molecule has 1 aliphatic rings. The largest absolute Gasteiger partial charge is 0.316 e. The summed E-state index contributed by atoms with van der Waals surface area (Å²) in [5, 5.41) is 3.53. The molecule has 82 valence electrons. The summed E-state index contributed by atoms with van der Waals surface area (Å²) < 4.78 is 0. The molecular weight excluding hydrogens is 184 g/mol. The summed E-state index contributed by atoms with van der Waals surface area (Å²) in [7, 11) is 0. The van der Waals surface area contributed by atoms with Crippen molar-refractivity contribution in [3.05, 3.63) is 30.1 Å². The van der Waals surface area contributed by atoms with Gasteiger partial charge in [0, 0.05) is 12.4 Å². The fraction of sp³-hybridized carbons (Fsp3) is 0.615. The highest BCUT2D eigenvalue weighted by molar-refractivity contribution is 5.08. The number of hydrogen-bond donors (Lipinski definition) is 1. The minimum absolute atomic E-state index is 0.860. The summed E-state index contributed by atoms with van der Waals surface area (Å²) in [5.41, 5.74) is 1.32. The lowest BCUT2D eigenvalue weighted by atomic mass is 10.1. The fourth-order valence-electron chi connectivity index (χ4n) is 1.94. The first-order valence-corrected chi connectivity index (χ1v) is 5.96. The predicted octanol–water partition coefficient (Wildman–Crippen LogP) is 2.26. The van der Waals surface area contributed by atoms with Crippen LogP contribution in [0.2, 0.25) is 0 Å². The van der Waals surface area contributed by atoms with Crippen LogP contribution in [0, 0.1) is 11.8 Å². The van der Waals surface area contributed by atoms with Crippen molar-refractivity contribution in [3.8, 4) is 0 Å². The molecule has 0 radical (unpaired) electrons. The molecule has 2 rings (SSSR count). The molecule has 1 aromatic rings. The maximum atomic E-state index is 4.11. The number of aromatic nitrogens is 1. The fourth-order valence-corrected chi connectivity index (χ4v) is 1.94. The smallest absolute Gasteiger partial charge is 0.0300 e. The molecular formula is C13H20N2. The third kappa shape index (κ3) is 3.63. The van der Waals surface area contributed by atoms with E-state index >= 15 is 0 Å². The summed E-state index contributed by atoms with van der Waals surface area (Å²) >= 11 is 0. The summed E-state index contributed by atoms with van der Waals surface area (Å²) in [6, 6.07) is 4.14. The van der Waals surface area contributed by atoms with Crippen LogP contribution in [0.4, 0.5) is 0 Å². The van der Waals surface area contributed by atoms with E-state index in [4.69, 9.17) is 0 Å². The summed E-state index contributed by atoms with van der Waals surface area (Å²) in [6.45, 7) is 4.60. The van der Waals surface area contributed by atoms with Crippen molar-refractivity contribution in [3.63, 3.8) is 0 Å². The van der Waals surface area contributed by atoms with Gasteiger partial charge in [-0.2, -0.15) is 0 Å². The summed E-state index contributed by atoms with van der Waals surface area (Å²) in [4.78, 5) is 4.11. The molecule has 1 fully saturated rings. The monoisotopic (exact) mass is 204 g/mol. The number of nitrogens with one attached hydrogen (secondary N) is 1. The molecule has 2 nitrogen and oxygen atoms in total. The molecule has 0 aromatic carbocycles. The molecule has 1 atom stereocenters. The summed E-state index contributed by atoms with van der Waals surface area (Å²) in [6.07, 6.45) is 7.76. The normalized spacial score (nSPS) is 17.7. The van der Waals surface area contributed by atoms with Gasteiger partial charge in [0.25, 0.3) is 0 Å². The highest BCUT2D eigenvalue weighted by Gasteiger charge is 2.27. The Morgan fingerprint density at radius 3 is 3.07 bits per heavy atom. The van der Waals surface area contributed by atoms with E-state index in [-0.39, 0.29) is 0 Å². The lowest BCUT2D eigenvalue weighted by Crippen LogP contribution is -2.24. The third-order valence-corrected chi connectivity index (χ3v) is 3.21. The lowest BCUT2D eigenvalue weighted by molar-refractivity contribution is 0.464. The molecule has 2 heteroatoms. The third-order valence-electron chi connectivity index (χ3n) is 3.21. The second-order valence-electron chi connectivity index (χ2n) is 4.63. The minimum atomic E-state index is 0.860. The Morgan fingerprint density at radius 1 is 1.53 bits per heavy atom. The molecule has 0 bridgehead atoms. The van der Waals surface area contributed by atoms with E-state index < -0.39 is 0 Å². The molecule has 1 N–H and O–H groups in total. The quantitative estimate of drug-likeness (QED) is 0.719. The van der Waals surface area contributed by atoms with Crippen LogP contribution in [0.3, 0.4) is 0 Å². The van der Waals surface area contributed by atoms with E-state index in [9.17, 15) is 0 Å². The molecule has 0 amide bonds. The van der Waals surface area contributed by atoms with Gasteiger partial charge >= 0.3 is 0 Å². The minimum Gasteiger partial charge on any atom is -0.316 e. The van der Waals surface area contributed by atoms with Crippen molar-refractivity contribution >= 4 is 0 Å². The Morgan fingerprint density at radius 2 is 2.40 bits per heavy atom. The first-order valence-electron chi connectivity index (χ1n) is 5.96. The molecule has 1 heterocycles. The van der Waals surface area contributed by atoms with E-state index in [1.807, 2.05) is 18.5 Å². The average Bonchev–Trinajstić information content (AvgIpc) is 3.09. The number of pyridine rings is 1. The Bertz CT molecular complexity index is 280. The van der Waals surface area contributed by atoms with Crippen molar-refractivity contribution in [2.75, 3.05) is 13.1 Å². The van der Waals surface area contributed by atoms with Crippen molar-refractivity contribution in [1.29, 1.82) is 0 Å². The number of nitrogens with zero attached hydrogens (tertiary/aromatic N) is 1. The average molecular weight is 204 g/mol. The predicted molar refractivity (Wildman–Crippen MR) is 62.7 cm³/mol. The standard InChI is InChI=1S/C13H20N2/c1-11(13-4-5-13)9-15-8-6-12-3-2-7-14-10-12/h2-3,7,10-11,13,15H,4-6,8-9H2,1H3. The van der Waals surface area contributed by atoms with Gasteiger partial charge in [0.1, 0.15) is 0 Å². The zero-order chi connectivity index (χ0) is 10.5. The molecule has 1 saturated carbocycles. The van der Waals surface area contributed by atoms with Crippen LogP contribution in [0.15, 0.2) is 24.5 Å². The van der Waals surface area contributed by atoms with Gasteiger partial charge in [0.2, 0.25) is 0 Å². The van der Waals surface area contributed by atoms with Crippen LogP contribution in [-0.2, 0) is 6.42 Å². The second-order valence-corrected chi connectivity index (χ2v) is 4.63. The van der Waals surface area contributed by atoms with Crippen LogP contribution in [0.1, 0.15) is 25.3 Å². The lowest BCUT2D eigenvalue weighted by Gasteiger charge is -2.10. The van der Waals surface area contributed by atoms with Gasteiger partial charge in [-0.1, -0.05) is 13.0 Å². The molecule has 1 aromatic heterocycles. The van der Waals surface area contributed by atoms with Crippen LogP contribution in [-0.4, -0.2) is 18.1 Å². The molecule has 0 aliphatic heterocycles. The SMILES string of the molecule is CC(CNCCc1cccnc1)C1CC1. The Balaban J connectivity index is 1.58. The highest BCUT2D eigenvalue weighted by Crippen LogP contribution is 2.35. The van der Waals surface area contributed by atoms with Gasteiger partial charge in [-0.25, -0.2) is 0 Å². The van der Waals surface area contributed by atoms with Crippen molar-refractivity contribution in [2.24, 2.45) is 11.8 Å². The van der Waals surface area contributed by atoms with Gasteiger partial charge in [-0.15, -0.1) is 0 Å². The van der Waals surface area contributed by atoms with Gasteiger partial charge in [-0.3, -0.25) is 4.98 Å². The maximum absolute atomic E-state index is 4.11. The highest BCUT2D eigenvalue weighted by atomic mass is 14.9. The van der Waals surface area contributed by atoms with Crippen molar-refractivity contribution in [1.82, 2.24) is 10.3 Å². The van der Waals surface area contributed by atoms with Crippen molar-refractivity contribution < 1.29 is 0 Å². The first kappa shape index (κ1) is 10.6. The molecule has 15 heavy (non-hydrogen) atoms. The second kappa shape index (κ2) is 5.26. The van der Waals surface area contributed by atoms with E-state index in [1.54, 1.807) is 0 Å². The van der Waals surface area contributed by atoms with Gasteiger partial charge < -0.3 is 5.32 Å². The Hall–Kier alpha value is -0.890. The Labute approximate surface area is 92.1 Å². The maximum Gasteiger partial charge on any atom is 0.0300 e. The summed E-state index contributed by atoms with van der Waals surface area (Å²) in [5.74, 6) is 1.87. The van der Waals surface area contributed by atoms with Crippen LogP contribution >= 0.6 is 0 Å². The first-order chi connectivity index (χ1) is 7.36. The van der Waals surface area contributed by atoms with E-state index in [0.29, 0.717) is 0 Å². The number of hydrogen-bond acceptors (Lipinski definition) is 2. The van der Waals surface area contributed by atoms with E-state index in [0.717, 1.165) is 24.8 Å². The molecule has 1 unspecified atom stereocenters. The Kier molecular flexibility index (Phi) is 3.73. The van der Waals surface area contributed by atoms with Crippen LogP contribution < -0.4 is 5.32 Å². The van der Waals surface area contributed by atoms with E-state index in [2.05, 4.69) is 23.3 Å². The van der Waals surface area contributed by atoms with Crippen molar-refractivity contribution in [2.45, 2.75) is 26.2 Å². The molecule has 0 spiro atoms. The zero-order valence-electron chi connectivity index (χ0n) is 9.45. The molecule has 0 saturated heterocycles.